The number of Topliss-reactive ketones (excluding diaryl/α,β-unsaturated/α-hetero) is 2. The van der Waals surface area contributed by atoms with Crippen molar-refractivity contribution in [1.29, 1.82) is 0 Å². The maximum atomic E-state index is 11.3. The molecule has 0 saturated carbocycles. The maximum Gasteiger partial charge on any atom is 0.135 e. The van der Waals surface area contributed by atoms with Crippen molar-refractivity contribution < 1.29 is 9.59 Å². The summed E-state index contributed by atoms with van der Waals surface area (Å²) < 4.78 is 0. The van der Waals surface area contributed by atoms with Gasteiger partial charge >= 0.3 is 0 Å². The van der Waals surface area contributed by atoms with Crippen molar-refractivity contribution in [3.63, 3.8) is 0 Å². The van der Waals surface area contributed by atoms with Crippen LogP contribution in [0.4, 0.5) is 0 Å². The largest absolute Gasteiger partial charge is 0.300 e. The van der Waals surface area contributed by atoms with Crippen LogP contribution in [0.25, 0.3) is 0 Å². The first-order valence-electron chi connectivity index (χ1n) is 10.8. The van der Waals surface area contributed by atoms with Crippen LogP contribution in [-0.4, -0.2) is 11.6 Å². The van der Waals surface area contributed by atoms with E-state index in [-0.39, 0.29) is 5.92 Å². The number of hydrogen-bond donors (Lipinski definition) is 0. The van der Waals surface area contributed by atoms with Crippen molar-refractivity contribution in [3.8, 4) is 0 Å². The Balaban J connectivity index is 0. The molecule has 0 radical (unpaired) electrons. The zero-order chi connectivity index (χ0) is 19.5. The molecule has 0 aromatic heterocycles. The Hall–Kier alpha value is -0.660. The van der Waals surface area contributed by atoms with E-state index in [9.17, 15) is 9.59 Å². The van der Waals surface area contributed by atoms with Crippen LogP contribution in [0.3, 0.4) is 0 Å². The Morgan fingerprint density at radius 3 is 1.56 bits per heavy atom. The lowest BCUT2D eigenvalue weighted by Gasteiger charge is -2.04. The molecule has 2 heteroatoms. The van der Waals surface area contributed by atoms with E-state index in [4.69, 9.17) is 0 Å². The molecule has 0 amide bonds. The van der Waals surface area contributed by atoms with Gasteiger partial charge in [0.2, 0.25) is 0 Å². The molecule has 0 heterocycles. The van der Waals surface area contributed by atoms with Crippen LogP contribution in [0.1, 0.15) is 125 Å². The topological polar surface area (TPSA) is 34.1 Å². The third kappa shape index (κ3) is 25.7. The molecule has 0 atom stereocenters. The van der Waals surface area contributed by atoms with Gasteiger partial charge in [-0.25, -0.2) is 0 Å². The molecule has 0 N–H and O–H groups in total. The minimum absolute atomic E-state index is 0.231. The van der Waals surface area contributed by atoms with E-state index in [2.05, 4.69) is 20.8 Å². The second-order valence-electron chi connectivity index (χ2n) is 8.19. The molecule has 0 bridgehead atoms. The lowest BCUT2D eigenvalue weighted by atomic mass is 10.0. The van der Waals surface area contributed by atoms with E-state index >= 15 is 0 Å². The smallest absolute Gasteiger partial charge is 0.135 e. The van der Waals surface area contributed by atoms with Crippen molar-refractivity contribution >= 4 is 11.6 Å². The van der Waals surface area contributed by atoms with Gasteiger partial charge in [-0.05, 0) is 25.7 Å². The highest BCUT2D eigenvalue weighted by Gasteiger charge is 2.05. The van der Waals surface area contributed by atoms with Gasteiger partial charge in [0, 0.05) is 18.8 Å². The molecule has 150 valence electrons. The summed E-state index contributed by atoms with van der Waals surface area (Å²) in [6.45, 7) is 12.3. The van der Waals surface area contributed by atoms with Crippen LogP contribution in [0.2, 0.25) is 0 Å². The predicted octanol–water partition coefficient (Wildman–Crippen LogP) is 7.53. The maximum absolute atomic E-state index is 11.3. The Morgan fingerprint density at radius 2 is 1.16 bits per heavy atom. The Bertz CT molecular complexity index is 305. The minimum atomic E-state index is 0.231. The predicted molar refractivity (Wildman–Crippen MR) is 111 cm³/mol. The van der Waals surface area contributed by atoms with Crippen molar-refractivity contribution in [1.82, 2.24) is 0 Å². The van der Waals surface area contributed by atoms with Crippen LogP contribution in [0, 0.1) is 11.8 Å². The van der Waals surface area contributed by atoms with Gasteiger partial charge in [0.15, 0.2) is 0 Å². The molecular weight excluding hydrogens is 308 g/mol. The molecule has 0 spiro atoms. The summed E-state index contributed by atoms with van der Waals surface area (Å²) in [5, 5.41) is 0. The van der Waals surface area contributed by atoms with Gasteiger partial charge in [0.1, 0.15) is 11.6 Å². The zero-order valence-electron chi connectivity index (χ0n) is 18.2. The normalized spacial score (nSPS) is 10.7. The van der Waals surface area contributed by atoms with E-state index in [1.165, 1.54) is 57.8 Å². The Kier molecular flexibility index (Phi) is 20.9. The zero-order valence-corrected chi connectivity index (χ0v) is 18.2. The van der Waals surface area contributed by atoms with Gasteiger partial charge in [-0.3, -0.25) is 4.79 Å². The quantitative estimate of drug-likeness (QED) is 0.285. The van der Waals surface area contributed by atoms with Gasteiger partial charge in [-0.1, -0.05) is 92.4 Å². The summed E-state index contributed by atoms with van der Waals surface area (Å²) in [7, 11) is 0. The van der Waals surface area contributed by atoms with Crippen molar-refractivity contribution in [2.24, 2.45) is 11.8 Å². The molecule has 0 rings (SSSR count). The van der Waals surface area contributed by atoms with Crippen LogP contribution >= 0.6 is 0 Å². The first-order valence-corrected chi connectivity index (χ1v) is 10.8. The fraction of sp³-hybridized carbons (Fsp3) is 0.913. The first kappa shape index (κ1) is 26.6. The van der Waals surface area contributed by atoms with Crippen LogP contribution in [0.15, 0.2) is 0 Å². The molecular formula is C23H46O2. The van der Waals surface area contributed by atoms with Crippen LogP contribution in [0.5, 0.6) is 0 Å². The van der Waals surface area contributed by atoms with E-state index in [1.54, 1.807) is 6.92 Å². The molecule has 0 aliphatic heterocycles. The van der Waals surface area contributed by atoms with Crippen molar-refractivity contribution in [2.75, 3.05) is 0 Å². The summed E-state index contributed by atoms with van der Waals surface area (Å²) in [4.78, 5) is 21.8. The summed E-state index contributed by atoms with van der Waals surface area (Å²) in [5.74, 6) is 1.72. The number of hydrogen-bond acceptors (Lipinski definition) is 2. The fourth-order valence-electron chi connectivity index (χ4n) is 2.66. The summed E-state index contributed by atoms with van der Waals surface area (Å²) in [6.07, 6.45) is 15.7. The summed E-state index contributed by atoms with van der Waals surface area (Å²) >= 11 is 0. The average molecular weight is 355 g/mol. The summed E-state index contributed by atoms with van der Waals surface area (Å²) in [5.41, 5.74) is 0. The highest BCUT2D eigenvalue weighted by molar-refractivity contribution is 5.80. The monoisotopic (exact) mass is 354 g/mol. The summed E-state index contributed by atoms with van der Waals surface area (Å²) in [6, 6.07) is 0. The number of rotatable bonds is 15. The van der Waals surface area contributed by atoms with E-state index in [0.29, 0.717) is 11.6 Å². The second-order valence-corrected chi connectivity index (χ2v) is 8.19. The second kappa shape index (κ2) is 19.7. The van der Waals surface area contributed by atoms with Gasteiger partial charge in [-0.2, -0.15) is 0 Å². The molecule has 0 aromatic rings. The average Bonchev–Trinajstić information content (AvgIpc) is 2.53. The number of carbonyl (C=O) groups is 2. The van der Waals surface area contributed by atoms with E-state index < -0.39 is 0 Å². The molecule has 0 aliphatic carbocycles. The third-order valence-corrected chi connectivity index (χ3v) is 4.48. The molecule has 2 nitrogen and oxygen atoms in total. The van der Waals surface area contributed by atoms with E-state index in [0.717, 1.165) is 31.6 Å². The highest BCUT2D eigenvalue weighted by atomic mass is 16.1. The van der Waals surface area contributed by atoms with Crippen LogP contribution < -0.4 is 0 Å². The van der Waals surface area contributed by atoms with Crippen molar-refractivity contribution in [2.45, 2.75) is 125 Å². The van der Waals surface area contributed by atoms with Gasteiger partial charge in [0.25, 0.3) is 0 Å². The molecule has 0 saturated heterocycles. The minimum Gasteiger partial charge on any atom is -0.300 e. The standard InChI is InChI=1S/C15H30O.C8H16O/c1-4-5-6-7-8-9-10-11-12-13-15(16)14(2)3;1-7(2)5-4-6-8(3)9/h14H,4-13H2,1-3H3;7H,4-6H2,1-3H3. The highest BCUT2D eigenvalue weighted by Crippen LogP contribution is 2.11. The molecule has 0 fully saturated rings. The molecule has 0 unspecified atom stereocenters. The van der Waals surface area contributed by atoms with Gasteiger partial charge < -0.3 is 4.79 Å². The lowest BCUT2D eigenvalue weighted by Crippen LogP contribution is -2.05. The Morgan fingerprint density at radius 1 is 0.680 bits per heavy atom. The molecule has 0 aromatic carbocycles. The van der Waals surface area contributed by atoms with Gasteiger partial charge in [0.05, 0.1) is 0 Å². The van der Waals surface area contributed by atoms with Gasteiger partial charge in [-0.15, -0.1) is 0 Å². The number of unbranched alkanes of at least 4 members (excludes halogenated alkanes) is 8. The van der Waals surface area contributed by atoms with E-state index in [1.807, 2.05) is 13.8 Å². The van der Waals surface area contributed by atoms with Crippen LogP contribution in [-0.2, 0) is 9.59 Å². The lowest BCUT2D eigenvalue weighted by molar-refractivity contribution is -0.122. The molecule has 25 heavy (non-hydrogen) atoms. The first-order chi connectivity index (χ1) is 11.8. The fourth-order valence-corrected chi connectivity index (χ4v) is 2.66. The van der Waals surface area contributed by atoms with Crippen molar-refractivity contribution in [3.05, 3.63) is 0 Å². The number of carbonyl (C=O) groups excluding carboxylic acids is 2. The third-order valence-electron chi connectivity index (χ3n) is 4.48. The number of ketones is 2. The Labute approximate surface area is 158 Å². The SMILES string of the molecule is CC(=O)CCCC(C)C.CCCCCCCCCCCC(=O)C(C)C. The molecule has 0 aliphatic rings.